The van der Waals surface area contributed by atoms with Gasteiger partial charge in [-0.25, -0.2) is 9.97 Å². The summed E-state index contributed by atoms with van der Waals surface area (Å²) in [4.78, 5) is 19.9. The van der Waals surface area contributed by atoms with E-state index in [1.807, 2.05) is 37.3 Å². The van der Waals surface area contributed by atoms with Crippen LogP contribution in [0.3, 0.4) is 0 Å². The molecule has 0 aliphatic rings. The molecule has 0 atom stereocenters. The molecule has 0 unspecified atom stereocenters. The van der Waals surface area contributed by atoms with Gasteiger partial charge in [-0.05, 0) is 25.1 Å². The number of methoxy groups -OCH3 is 1. The van der Waals surface area contributed by atoms with Crippen molar-refractivity contribution in [2.75, 3.05) is 7.11 Å². The van der Waals surface area contributed by atoms with E-state index in [2.05, 4.69) is 30.6 Å². The summed E-state index contributed by atoms with van der Waals surface area (Å²) < 4.78 is 5.61. The number of halogens is 1. The maximum Gasteiger partial charge on any atom is 0.313 e. The zero-order chi connectivity index (χ0) is 13.8. The molecule has 19 heavy (non-hydrogen) atoms. The minimum atomic E-state index is -0.342. The number of aryl methyl sites for hydroxylation is 1. The van der Waals surface area contributed by atoms with Crippen LogP contribution in [0, 0.1) is 6.92 Å². The number of carbonyl (C=O) groups is 1. The van der Waals surface area contributed by atoms with Crippen LogP contribution in [0.15, 0.2) is 34.8 Å². The molecule has 0 bridgehead atoms. The highest BCUT2D eigenvalue weighted by molar-refractivity contribution is 9.10. The second kappa shape index (κ2) is 5.93. The van der Waals surface area contributed by atoms with Crippen LogP contribution >= 0.6 is 15.9 Å². The molecule has 1 heterocycles. The number of hydrogen-bond acceptors (Lipinski definition) is 4. The molecule has 0 N–H and O–H groups in total. The summed E-state index contributed by atoms with van der Waals surface area (Å²) >= 11 is 3.43. The predicted octanol–water partition coefficient (Wildman–Crippen LogP) is 2.93. The zero-order valence-electron chi connectivity index (χ0n) is 10.7. The fraction of sp³-hybridized carbons (Fsp3) is 0.214. The van der Waals surface area contributed by atoms with E-state index in [-0.39, 0.29) is 12.4 Å². The first-order chi connectivity index (χ1) is 9.08. The maximum atomic E-state index is 11.3. The van der Waals surface area contributed by atoms with Crippen LogP contribution in [0.4, 0.5) is 0 Å². The molecule has 5 heteroatoms. The van der Waals surface area contributed by atoms with Crippen molar-refractivity contribution in [2.24, 2.45) is 0 Å². The van der Waals surface area contributed by atoms with E-state index < -0.39 is 0 Å². The van der Waals surface area contributed by atoms with E-state index in [9.17, 15) is 4.79 Å². The number of nitrogens with zero attached hydrogens (tertiary/aromatic N) is 2. The average Bonchev–Trinajstić information content (AvgIpc) is 2.38. The first-order valence-electron chi connectivity index (χ1n) is 5.76. The van der Waals surface area contributed by atoms with Gasteiger partial charge in [0.25, 0.3) is 0 Å². The van der Waals surface area contributed by atoms with E-state index in [0.29, 0.717) is 5.82 Å². The van der Waals surface area contributed by atoms with Gasteiger partial charge < -0.3 is 4.74 Å². The standard InChI is InChI=1S/C14H13BrN2O2/c1-9-6-12(10-4-3-5-11(15)7-10)17-13(16-9)8-14(18)19-2/h3-7H,8H2,1-2H3. The molecular formula is C14H13BrN2O2. The van der Waals surface area contributed by atoms with E-state index in [1.165, 1.54) is 7.11 Å². The topological polar surface area (TPSA) is 52.1 Å². The van der Waals surface area contributed by atoms with E-state index in [4.69, 9.17) is 0 Å². The average molecular weight is 321 g/mol. The van der Waals surface area contributed by atoms with Crippen molar-refractivity contribution in [1.29, 1.82) is 0 Å². The van der Waals surface area contributed by atoms with Gasteiger partial charge in [-0.15, -0.1) is 0 Å². The third kappa shape index (κ3) is 3.61. The van der Waals surface area contributed by atoms with Crippen molar-refractivity contribution >= 4 is 21.9 Å². The Balaban J connectivity index is 2.39. The molecule has 4 nitrogen and oxygen atoms in total. The van der Waals surface area contributed by atoms with Gasteiger partial charge in [0.15, 0.2) is 0 Å². The second-order valence-electron chi connectivity index (χ2n) is 4.07. The Morgan fingerprint density at radius 1 is 1.32 bits per heavy atom. The fourth-order valence-corrected chi connectivity index (χ4v) is 2.11. The Morgan fingerprint density at radius 3 is 2.79 bits per heavy atom. The number of aromatic nitrogens is 2. The summed E-state index contributed by atoms with van der Waals surface area (Å²) in [6, 6.07) is 9.73. The Labute approximate surface area is 120 Å². The maximum absolute atomic E-state index is 11.3. The summed E-state index contributed by atoms with van der Waals surface area (Å²) in [7, 11) is 1.35. The Hall–Kier alpha value is -1.75. The Kier molecular flexibility index (Phi) is 4.27. The SMILES string of the molecule is COC(=O)Cc1nc(C)cc(-c2cccc(Br)c2)n1. The number of carbonyl (C=O) groups excluding carboxylic acids is 1. The largest absolute Gasteiger partial charge is 0.469 e. The van der Waals surface area contributed by atoms with Gasteiger partial charge in [-0.2, -0.15) is 0 Å². The van der Waals surface area contributed by atoms with Gasteiger partial charge in [0.2, 0.25) is 0 Å². The first kappa shape index (κ1) is 13.7. The fourth-order valence-electron chi connectivity index (χ4n) is 1.71. The summed E-state index contributed by atoms with van der Waals surface area (Å²) in [6.07, 6.45) is 0.0825. The smallest absolute Gasteiger partial charge is 0.313 e. The zero-order valence-corrected chi connectivity index (χ0v) is 12.3. The van der Waals surface area contributed by atoms with Crippen LogP contribution in [-0.4, -0.2) is 23.0 Å². The van der Waals surface area contributed by atoms with E-state index in [1.54, 1.807) is 0 Å². The second-order valence-corrected chi connectivity index (χ2v) is 4.99. The summed E-state index contributed by atoms with van der Waals surface area (Å²) in [5.41, 5.74) is 2.60. The molecule has 2 rings (SSSR count). The number of rotatable bonds is 3. The van der Waals surface area contributed by atoms with Gasteiger partial charge in [-0.1, -0.05) is 28.1 Å². The van der Waals surface area contributed by atoms with Crippen LogP contribution in [0.5, 0.6) is 0 Å². The molecule has 0 aliphatic heterocycles. The van der Waals surface area contributed by atoms with Crippen LogP contribution in [0.1, 0.15) is 11.5 Å². The third-order valence-electron chi connectivity index (χ3n) is 2.55. The molecule has 0 saturated heterocycles. The monoisotopic (exact) mass is 320 g/mol. The molecule has 0 fully saturated rings. The Bertz CT molecular complexity index is 614. The third-order valence-corrected chi connectivity index (χ3v) is 3.04. The Morgan fingerprint density at radius 2 is 2.11 bits per heavy atom. The van der Waals surface area contributed by atoms with Gasteiger partial charge in [0, 0.05) is 15.7 Å². The molecule has 1 aromatic carbocycles. The first-order valence-corrected chi connectivity index (χ1v) is 6.55. The van der Waals surface area contributed by atoms with Crippen LogP contribution in [-0.2, 0) is 16.0 Å². The van der Waals surface area contributed by atoms with Gasteiger partial charge >= 0.3 is 5.97 Å². The number of benzene rings is 1. The quantitative estimate of drug-likeness (QED) is 0.816. The molecule has 0 amide bonds. The number of hydrogen-bond donors (Lipinski definition) is 0. The van der Waals surface area contributed by atoms with Crippen molar-refractivity contribution in [3.8, 4) is 11.3 Å². The van der Waals surface area contributed by atoms with Gasteiger partial charge in [-0.3, -0.25) is 4.79 Å². The van der Waals surface area contributed by atoms with Crippen molar-refractivity contribution in [1.82, 2.24) is 9.97 Å². The molecule has 2 aromatic rings. The number of esters is 1. The minimum Gasteiger partial charge on any atom is -0.469 e. The summed E-state index contributed by atoms with van der Waals surface area (Å²) in [5, 5.41) is 0. The molecule has 98 valence electrons. The number of ether oxygens (including phenoxy) is 1. The van der Waals surface area contributed by atoms with E-state index in [0.717, 1.165) is 21.4 Å². The van der Waals surface area contributed by atoms with Crippen molar-refractivity contribution in [3.63, 3.8) is 0 Å². The summed E-state index contributed by atoms with van der Waals surface area (Å²) in [5.74, 6) is 0.132. The lowest BCUT2D eigenvalue weighted by atomic mass is 10.1. The molecule has 1 aromatic heterocycles. The minimum absolute atomic E-state index is 0.0825. The molecule has 0 radical (unpaired) electrons. The lowest BCUT2D eigenvalue weighted by Gasteiger charge is -2.06. The van der Waals surface area contributed by atoms with Crippen LogP contribution in [0.25, 0.3) is 11.3 Å². The van der Waals surface area contributed by atoms with E-state index >= 15 is 0 Å². The highest BCUT2D eigenvalue weighted by Crippen LogP contribution is 2.21. The lowest BCUT2D eigenvalue weighted by Crippen LogP contribution is -2.09. The van der Waals surface area contributed by atoms with Crippen molar-refractivity contribution < 1.29 is 9.53 Å². The van der Waals surface area contributed by atoms with Crippen LogP contribution in [0.2, 0.25) is 0 Å². The van der Waals surface area contributed by atoms with Gasteiger partial charge in [0.1, 0.15) is 12.2 Å². The molecule has 0 saturated carbocycles. The highest BCUT2D eigenvalue weighted by Gasteiger charge is 2.09. The van der Waals surface area contributed by atoms with Crippen LogP contribution < -0.4 is 0 Å². The molecular weight excluding hydrogens is 308 g/mol. The lowest BCUT2D eigenvalue weighted by molar-refractivity contribution is -0.139. The van der Waals surface area contributed by atoms with Gasteiger partial charge in [0.05, 0.1) is 12.8 Å². The predicted molar refractivity (Wildman–Crippen MR) is 75.6 cm³/mol. The molecule has 0 spiro atoms. The molecule has 0 aliphatic carbocycles. The van der Waals surface area contributed by atoms with Crippen molar-refractivity contribution in [2.45, 2.75) is 13.3 Å². The van der Waals surface area contributed by atoms with Crippen molar-refractivity contribution in [3.05, 3.63) is 46.3 Å². The highest BCUT2D eigenvalue weighted by atomic mass is 79.9. The summed E-state index contributed by atoms with van der Waals surface area (Å²) in [6.45, 7) is 1.88. The normalized spacial score (nSPS) is 10.3.